The van der Waals surface area contributed by atoms with Crippen LogP contribution in [-0.2, 0) is 11.0 Å². The molecule has 2 heterocycles. The van der Waals surface area contributed by atoms with Crippen LogP contribution in [0.15, 0.2) is 60.9 Å². The molecular weight excluding hydrogens is 417 g/mol. The van der Waals surface area contributed by atoms with Crippen molar-refractivity contribution in [3.8, 4) is 11.8 Å². The van der Waals surface area contributed by atoms with Crippen LogP contribution in [0.25, 0.3) is 0 Å². The van der Waals surface area contributed by atoms with Gasteiger partial charge in [0.15, 0.2) is 0 Å². The van der Waals surface area contributed by atoms with Crippen molar-refractivity contribution >= 4 is 5.97 Å². The van der Waals surface area contributed by atoms with Gasteiger partial charge in [-0.25, -0.2) is 0 Å². The summed E-state index contributed by atoms with van der Waals surface area (Å²) in [6.45, 7) is 6.21. The number of aromatic nitrogens is 1. The van der Waals surface area contributed by atoms with Gasteiger partial charge in [0.2, 0.25) is 0 Å². The molecule has 0 saturated carbocycles. The Morgan fingerprint density at radius 3 is 2.59 bits per heavy atom. The third kappa shape index (κ3) is 5.98. The van der Waals surface area contributed by atoms with E-state index >= 15 is 0 Å². The maximum Gasteiger partial charge on any atom is 0.416 e. The molecule has 0 aliphatic carbocycles. The SMILES string of the molecule is C=C(C)C#C[C@H](c1cccnc1)N1CC[C@@H](CC(=O)O)C[C@H]1c1ccc(C(F)(F)F)cc1. The summed E-state index contributed by atoms with van der Waals surface area (Å²) in [5, 5.41) is 9.27. The minimum absolute atomic E-state index is 0.0278. The van der Waals surface area contributed by atoms with Crippen LogP contribution in [-0.4, -0.2) is 27.5 Å². The molecule has 1 aliphatic heterocycles. The normalized spacial score (nSPS) is 20.1. The fourth-order valence-corrected chi connectivity index (χ4v) is 4.11. The minimum Gasteiger partial charge on any atom is -0.481 e. The van der Waals surface area contributed by atoms with Gasteiger partial charge >= 0.3 is 12.1 Å². The van der Waals surface area contributed by atoms with Crippen molar-refractivity contribution in [2.75, 3.05) is 6.54 Å². The summed E-state index contributed by atoms with van der Waals surface area (Å²) >= 11 is 0. The number of hydrogen-bond acceptors (Lipinski definition) is 3. The molecule has 4 nitrogen and oxygen atoms in total. The Kier molecular flexibility index (Phi) is 7.37. The molecule has 3 rings (SSSR count). The van der Waals surface area contributed by atoms with Gasteiger partial charge in [-0.1, -0.05) is 36.6 Å². The first-order valence-electron chi connectivity index (χ1n) is 10.4. The van der Waals surface area contributed by atoms with E-state index in [9.17, 15) is 23.1 Å². The number of rotatable bonds is 5. The van der Waals surface area contributed by atoms with Crippen molar-refractivity contribution < 1.29 is 23.1 Å². The lowest BCUT2D eigenvalue weighted by molar-refractivity contribution is -0.139. The number of allylic oxidation sites excluding steroid dienone is 1. The molecule has 3 atom stereocenters. The fourth-order valence-electron chi connectivity index (χ4n) is 4.11. The number of likely N-dealkylation sites (tertiary alicyclic amines) is 1. The second-order valence-electron chi connectivity index (χ2n) is 8.10. The molecule has 32 heavy (non-hydrogen) atoms. The van der Waals surface area contributed by atoms with E-state index in [1.807, 2.05) is 12.1 Å². The van der Waals surface area contributed by atoms with Gasteiger partial charge in [0.25, 0.3) is 0 Å². The summed E-state index contributed by atoms with van der Waals surface area (Å²) in [6.07, 6.45) is 0.185. The van der Waals surface area contributed by atoms with Crippen molar-refractivity contribution in [1.29, 1.82) is 0 Å². The first-order valence-corrected chi connectivity index (χ1v) is 10.4. The minimum atomic E-state index is -4.41. The van der Waals surface area contributed by atoms with Crippen LogP contribution in [0.3, 0.4) is 0 Å². The average molecular weight is 442 g/mol. The van der Waals surface area contributed by atoms with Crippen molar-refractivity contribution in [2.24, 2.45) is 5.92 Å². The van der Waals surface area contributed by atoms with Crippen LogP contribution >= 0.6 is 0 Å². The molecule has 168 valence electrons. The molecule has 0 bridgehead atoms. The van der Waals surface area contributed by atoms with Gasteiger partial charge in [-0.05, 0) is 60.6 Å². The Bertz CT molecular complexity index is 1010. The van der Waals surface area contributed by atoms with E-state index < -0.39 is 17.7 Å². The van der Waals surface area contributed by atoms with Crippen LogP contribution in [0, 0.1) is 17.8 Å². The van der Waals surface area contributed by atoms with Crippen LogP contribution < -0.4 is 0 Å². The molecule has 1 N–H and O–H groups in total. The summed E-state index contributed by atoms with van der Waals surface area (Å²) in [5.41, 5.74) is 1.57. The first-order chi connectivity index (χ1) is 15.1. The zero-order valence-corrected chi connectivity index (χ0v) is 17.8. The smallest absolute Gasteiger partial charge is 0.416 e. The largest absolute Gasteiger partial charge is 0.481 e. The summed E-state index contributed by atoms with van der Waals surface area (Å²) in [4.78, 5) is 17.6. The number of aliphatic carboxylic acids is 1. The second kappa shape index (κ2) is 10.0. The highest BCUT2D eigenvalue weighted by Crippen LogP contribution is 2.41. The van der Waals surface area contributed by atoms with Crippen LogP contribution in [0.4, 0.5) is 13.2 Å². The maximum atomic E-state index is 13.1. The van der Waals surface area contributed by atoms with Gasteiger partial charge in [-0.2, -0.15) is 13.2 Å². The highest BCUT2D eigenvalue weighted by Gasteiger charge is 2.36. The summed E-state index contributed by atoms with van der Waals surface area (Å²) in [6, 6.07) is 8.22. The summed E-state index contributed by atoms with van der Waals surface area (Å²) in [5.74, 6) is 5.32. The topological polar surface area (TPSA) is 53.4 Å². The summed E-state index contributed by atoms with van der Waals surface area (Å²) in [7, 11) is 0. The average Bonchev–Trinajstić information content (AvgIpc) is 2.74. The number of nitrogens with zero attached hydrogens (tertiary/aromatic N) is 2. The Morgan fingerprint density at radius 2 is 2.03 bits per heavy atom. The molecule has 7 heteroatoms. The number of alkyl halides is 3. The van der Waals surface area contributed by atoms with Crippen LogP contribution in [0.5, 0.6) is 0 Å². The van der Waals surface area contributed by atoms with E-state index in [1.165, 1.54) is 12.1 Å². The number of carboxylic acids is 1. The number of carbonyl (C=O) groups is 1. The number of carboxylic acid groups (broad SMARTS) is 1. The lowest BCUT2D eigenvalue weighted by Gasteiger charge is -2.42. The molecular formula is C25H25F3N2O2. The van der Waals surface area contributed by atoms with Gasteiger partial charge in [0.05, 0.1) is 11.6 Å². The maximum absolute atomic E-state index is 13.1. The second-order valence-corrected chi connectivity index (χ2v) is 8.10. The van der Waals surface area contributed by atoms with Gasteiger partial charge < -0.3 is 5.11 Å². The van der Waals surface area contributed by atoms with E-state index in [0.29, 0.717) is 30.5 Å². The number of benzene rings is 1. The Labute approximate surface area is 185 Å². The predicted molar refractivity (Wildman–Crippen MR) is 115 cm³/mol. The van der Waals surface area contributed by atoms with Crippen molar-refractivity contribution in [1.82, 2.24) is 9.88 Å². The zero-order chi connectivity index (χ0) is 23.3. The highest BCUT2D eigenvalue weighted by atomic mass is 19.4. The van der Waals surface area contributed by atoms with Crippen molar-refractivity contribution in [2.45, 2.75) is 44.4 Å². The van der Waals surface area contributed by atoms with E-state index in [0.717, 1.165) is 17.7 Å². The highest BCUT2D eigenvalue weighted by molar-refractivity contribution is 5.67. The Balaban J connectivity index is 2.01. The zero-order valence-electron chi connectivity index (χ0n) is 17.8. The van der Waals surface area contributed by atoms with E-state index in [-0.39, 0.29) is 24.4 Å². The molecule has 1 aliphatic rings. The van der Waals surface area contributed by atoms with E-state index in [2.05, 4.69) is 28.3 Å². The number of pyridine rings is 1. The van der Waals surface area contributed by atoms with Gasteiger partial charge in [0, 0.05) is 31.4 Å². The summed E-state index contributed by atoms with van der Waals surface area (Å²) < 4.78 is 39.2. The first kappa shape index (κ1) is 23.6. The number of hydrogen-bond donors (Lipinski definition) is 1. The fraction of sp³-hybridized carbons (Fsp3) is 0.360. The van der Waals surface area contributed by atoms with Crippen molar-refractivity contribution in [3.63, 3.8) is 0 Å². The van der Waals surface area contributed by atoms with E-state index in [1.54, 1.807) is 19.3 Å². The molecule has 1 aromatic heterocycles. The lowest BCUT2D eigenvalue weighted by Crippen LogP contribution is -2.39. The van der Waals surface area contributed by atoms with E-state index in [4.69, 9.17) is 0 Å². The lowest BCUT2D eigenvalue weighted by atomic mass is 9.83. The molecule has 2 aromatic rings. The third-order valence-corrected chi connectivity index (χ3v) is 5.59. The molecule has 0 amide bonds. The number of piperidine rings is 1. The van der Waals surface area contributed by atoms with Gasteiger partial charge in [0.1, 0.15) is 0 Å². The van der Waals surface area contributed by atoms with Crippen LogP contribution in [0.1, 0.15) is 55.0 Å². The Hall–Kier alpha value is -3.11. The van der Waals surface area contributed by atoms with Crippen LogP contribution in [0.2, 0.25) is 0 Å². The quantitative estimate of drug-likeness (QED) is 0.608. The molecule has 0 radical (unpaired) electrons. The molecule has 0 spiro atoms. The predicted octanol–water partition coefficient (Wildman–Crippen LogP) is 5.65. The van der Waals surface area contributed by atoms with Crippen molar-refractivity contribution in [3.05, 3.63) is 77.6 Å². The Morgan fingerprint density at radius 1 is 1.31 bits per heavy atom. The van der Waals surface area contributed by atoms with Gasteiger partial charge in [-0.3, -0.25) is 14.7 Å². The molecule has 1 aromatic carbocycles. The standard InChI is InChI=1S/C25H25F3N2O2/c1-17(2)5-10-22(20-4-3-12-29-16-20)30-13-11-18(15-24(31)32)14-23(30)19-6-8-21(9-7-19)25(26,27)28/h3-4,6-9,12,16,18,22-23H,1,11,13-15H2,2H3,(H,31,32)/t18-,22-,23+/m1/s1. The molecule has 1 saturated heterocycles. The molecule has 0 unspecified atom stereocenters. The third-order valence-electron chi connectivity index (χ3n) is 5.59. The van der Waals surface area contributed by atoms with Gasteiger partial charge in [-0.15, -0.1) is 0 Å². The number of halogens is 3. The monoisotopic (exact) mass is 442 g/mol. The molecule has 1 fully saturated rings.